The van der Waals surface area contributed by atoms with Gasteiger partial charge in [-0.15, -0.1) is 0 Å². The van der Waals surface area contributed by atoms with Crippen molar-refractivity contribution >= 4 is 5.91 Å². The van der Waals surface area contributed by atoms with Gasteiger partial charge in [0.05, 0.1) is 13.7 Å². The number of hydrogen-bond donors (Lipinski definition) is 2. The van der Waals surface area contributed by atoms with Gasteiger partial charge in [0.15, 0.2) is 18.0 Å². The van der Waals surface area contributed by atoms with E-state index in [-0.39, 0.29) is 18.1 Å². The highest BCUT2D eigenvalue weighted by Gasteiger charge is 2.26. The predicted octanol–water partition coefficient (Wildman–Crippen LogP) is -0.118. The van der Waals surface area contributed by atoms with Crippen molar-refractivity contribution < 1.29 is 23.9 Å². The lowest BCUT2D eigenvalue weighted by atomic mass is 10.2. The van der Waals surface area contributed by atoms with E-state index in [1.807, 2.05) is 24.3 Å². The first kappa shape index (κ1) is 17.6. The number of amides is 1. The van der Waals surface area contributed by atoms with E-state index in [1.54, 1.807) is 7.11 Å². The maximum atomic E-state index is 12.0. The zero-order valence-corrected chi connectivity index (χ0v) is 14.1. The molecule has 2 rings (SSSR count). The van der Waals surface area contributed by atoms with Crippen LogP contribution in [0.2, 0.25) is 0 Å². The van der Waals surface area contributed by atoms with Gasteiger partial charge >= 0.3 is 0 Å². The van der Waals surface area contributed by atoms with Crippen molar-refractivity contribution in [2.75, 3.05) is 39.9 Å². The van der Waals surface area contributed by atoms with Crippen LogP contribution in [-0.4, -0.2) is 58.0 Å². The number of rotatable bonds is 7. The Bertz CT molecular complexity index is 499. The van der Waals surface area contributed by atoms with Crippen LogP contribution < -0.4 is 19.7 Å². The minimum Gasteiger partial charge on any atom is -0.493 e. The number of para-hydroxylation sites is 2. The third-order valence-corrected chi connectivity index (χ3v) is 3.78. The highest BCUT2D eigenvalue weighted by atomic mass is 16.5. The van der Waals surface area contributed by atoms with Gasteiger partial charge in [0.25, 0.3) is 5.91 Å². The third-order valence-electron chi connectivity index (χ3n) is 3.78. The second-order valence-electron chi connectivity index (χ2n) is 5.94. The van der Waals surface area contributed by atoms with Gasteiger partial charge in [-0.05, 0) is 26.0 Å². The topological polar surface area (TPSA) is 61.2 Å². The first-order valence-electron chi connectivity index (χ1n) is 8.10. The van der Waals surface area contributed by atoms with E-state index >= 15 is 0 Å². The van der Waals surface area contributed by atoms with Crippen molar-refractivity contribution in [1.82, 2.24) is 5.32 Å². The lowest BCUT2D eigenvalue weighted by Crippen LogP contribution is -3.16. The molecule has 6 nitrogen and oxygen atoms in total. The number of nitrogens with one attached hydrogen (secondary N) is 2. The lowest BCUT2D eigenvalue weighted by molar-refractivity contribution is -0.907. The summed E-state index contributed by atoms with van der Waals surface area (Å²) in [6.07, 6.45) is 0.408. The quantitative estimate of drug-likeness (QED) is 0.687. The molecule has 1 saturated heterocycles. The molecular formula is C17H27N2O4+. The maximum Gasteiger partial charge on any atom is 0.275 e. The number of hydrogen-bond acceptors (Lipinski definition) is 4. The highest BCUT2D eigenvalue weighted by molar-refractivity contribution is 5.76. The van der Waals surface area contributed by atoms with E-state index in [4.69, 9.17) is 14.2 Å². The Balaban J connectivity index is 1.67. The Kier molecular flexibility index (Phi) is 6.67. The van der Waals surface area contributed by atoms with Crippen LogP contribution in [0.5, 0.6) is 11.5 Å². The van der Waals surface area contributed by atoms with Crippen molar-refractivity contribution in [1.29, 1.82) is 0 Å². The molecule has 1 fully saturated rings. The molecule has 1 aliphatic heterocycles. The molecule has 0 unspecified atom stereocenters. The number of carbonyl (C=O) groups is 1. The molecule has 2 N–H and O–H groups in total. The van der Waals surface area contributed by atoms with Gasteiger partial charge < -0.3 is 24.4 Å². The fourth-order valence-electron chi connectivity index (χ4n) is 2.91. The zero-order chi connectivity index (χ0) is 16.7. The maximum absolute atomic E-state index is 12.0. The molecule has 1 heterocycles. The van der Waals surface area contributed by atoms with E-state index in [0.717, 1.165) is 13.1 Å². The summed E-state index contributed by atoms with van der Waals surface area (Å²) in [4.78, 5) is 13.3. The van der Waals surface area contributed by atoms with Crippen LogP contribution in [0.4, 0.5) is 0 Å². The van der Waals surface area contributed by atoms with Gasteiger partial charge in [-0.25, -0.2) is 0 Å². The summed E-state index contributed by atoms with van der Waals surface area (Å²) in [7, 11) is 1.61. The second kappa shape index (κ2) is 8.74. The van der Waals surface area contributed by atoms with Gasteiger partial charge in [0.1, 0.15) is 31.9 Å². The summed E-state index contributed by atoms with van der Waals surface area (Å²) >= 11 is 0. The molecule has 128 valence electrons. The summed E-state index contributed by atoms with van der Waals surface area (Å²) < 4.78 is 16.5. The Labute approximate surface area is 137 Å². The summed E-state index contributed by atoms with van der Waals surface area (Å²) in [5, 5.41) is 2.90. The number of ether oxygens (including phenoxy) is 3. The molecule has 0 aliphatic carbocycles. The Hall–Kier alpha value is -1.79. The average Bonchev–Trinajstić information content (AvgIpc) is 2.51. The van der Waals surface area contributed by atoms with Crippen molar-refractivity contribution in [3.05, 3.63) is 24.3 Å². The SMILES string of the molecule is COc1ccccc1OCCNC(=O)C[NH+]1C[C@@H](C)O[C@H](C)C1. The smallest absolute Gasteiger partial charge is 0.275 e. The lowest BCUT2D eigenvalue weighted by Gasteiger charge is -2.31. The summed E-state index contributed by atoms with van der Waals surface area (Å²) in [5.74, 6) is 1.43. The van der Waals surface area contributed by atoms with Crippen LogP contribution in [0.25, 0.3) is 0 Å². The minimum atomic E-state index is 0.0462. The van der Waals surface area contributed by atoms with Crippen LogP contribution in [0.1, 0.15) is 13.8 Å². The van der Waals surface area contributed by atoms with E-state index in [2.05, 4.69) is 19.2 Å². The molecule has 6 heteroatoms. The van der Waals surface area contributed by atoms with Crippen molar-refractivity contribution in [2.45, 2.75) is 26.1 Å². The zero-order valence-electron chi connectivity index (χ0n) is 14.1. The fraction of sp³-hybridized carbons (Fsp3) is 0.588. The molecule has 0 saturated carbocycles. The minimum absolute atomic E-state index is 0.0462. The Morgan fingerprint density at radius 2 is 1.91 bits per heavy atom. The molecule has 1 aromatic carbocycles. The molecule has 23 heavy (non-hydrogen) atoms. The third kappa shape index (κ3) is 5.73. The summed E-state index contributed by atoms with van der Waals surface area (Å²) in [5.41, 5.74) is 0. The number of morpholine rings is 1. The van der Waals surface area contributed by atoms with Gasteiger partial charge in [-0.1, -0.05) is 12.1 Å². The van der Waals surface area contributed by atoms with Crippen LogP contribution in [0.3, 0.4) is 0 Å². The van der Waals surface area contributed by atoms with Crippen molar-refractivity contribution in [2.24, 2.45) is 0 Å². The molecule has 1 amide bonds. The van der Waals surface area contributed by atoms with E-state index in [0.29, 0.717) is 31.2 Å². The van der Waals surface area contributed by atoms with Crippen LogP contribution in [0, 0.1) is 0 Å². The molecule has 0 radical (unpaired) electrons. The summed E-state index contributed by atoms with van der Waals surface area (Å²) in [6, 6.07) is 7.47. The average molecular weight is 323 g/mol. The molecule has 0 bridgehead atoms. The number of carbonyl (C=O) groups excluding carboxylic acids is 1. The standard InChI is InChI=1S/C17H26N2O4/c1-13-10-19(11-14(2)23-13)12-17(20)18-8-9-22-16-7-5-4-6-15(16)21-3/h4-7,13-14H,8-12H2,1-3H3,(H,18,20)/p+1/t13-,14-/m1/s1. The highest BCUT2D eigenvalue weighted by Crippen LogP contribution is 2.25. The molecule has 0 spiro atoms. The van der Waals surface area contributed by atoms with Gasteiger partial charge in [0, 0.05) is 0 Å². The summed E-state index contributed by atoms with van der Waals surface area (Å²) in [6.45, 7) is 7.21. The van der Waals surface area contributed by atoms with E-state index in [1.165, 1.54) is 4.90 Å². The monoisotopic (exact) mass is 323 g/mol. The number of methoxy groups -OCH3 is 1. The first-order valence-corrected chi connectivity index (χ1v) is 8.10. The molecular weight excluding hydrogens is 296 g/mol. The van der Waals surface area contributed by atoms with Gasteiger partial charge in [0.2, 0.25) is 0 Å². The number of benzene rings is 1. The molecule has 1 aromatic rings. The fourth-order valence-corrected chi connectivity index (χ4v) is 2.91. The van der Waals surface area contributed by atoms with Crippen LogP contribution >= 0.6 is 0 Å². The molecule has 1 aliphatic rings. The van der Waals surface area contributed by atoms with Crippen molar-refractivity contribution in [3.8, 4) is 11.5 Å². The molecule has 0 aromatic heterocycles. The Morgan fingerprint density at radius 3 is 2.57 bits per heavy atom. The van der Waals surface area contributed by atoms with Crippen molar-refractivity contribution in [3.63, 3.8) is 0 Å². The van der Waals surface area contributed by atoms with E-state index < -0.39 is 0 Å². The largest absolute Gasteiger partial charge is 0.493 e. The van der Waals surface area contributed by atoms with Gasteiger partial charge in [-0.3, -0.25) is 4.79 Å². The normalized spacial score (nSPS) is 24.0. The van der Waals surface area contributed by atoms with Crippen LogP contribution in [0.15, 0.2) is 24.3 Å². The first-order chi connectivity index (χ1) is 11.1. The van der Waals surface area contributed by atoms with Gasteiger partial charge in [-0.2, -0.15) is 0 Å². The number of quaternary nitrogens is 1. The predicted molar refractivity (Wildman–Crippen MR) is 87.1 cm³/mol. The van der Waals surface area contributed by atoms with Crippen LogP contribution in [-0.2, 0) is 9.53 Å². The Morgan fingerprint density at radius 1 is 1.26 bits per heavy atom. The second-order valence-corrected chi connectivity index (χ2v) is 5.94. The van der Waals surface area contributed by atoms with E-state index in [9.17, 15) is 4.79 Å². The molecule has 2 atom stereocenters.